The van der Waals surface area contributed by atoms with Gasteiger partial charge in [-0.25, -0.2) is 4.79 Å². The van der Waals surface area contributed by atoms with Crippen LogP contribution < -0.4 is 10.6 Å². The van der Waals surface area contributed by atoms with Crippen molar-refractivity contribution in [3.8, 4) is 0 Å². The standard InChI is InChI=1S/C17H28N2O3/c1-5-6-7-13(22-16(2,3)4)10-11-17(12-8-9-12)14(20)18-15(21)19-17/h7,12H,5-6,8-11H2,1-4H3,(H2,18,19,20,21)/b13-7+. The van der Waals surface area contributed by atoms with Crippen molar-refractivity contribution in [2.24, 2.45) is 5.92 Å². The number of rotatable bonds is 7. The molecule has 2 aliphatic rings. The molecule has 1 heterocycles. The molecule has 3 amide bonds. The molecule has 0 radical (unpaired) electrons. The SMILES string of the molecule is CCC/C=C(\CCC1(C2CC2)NC(=O)NC1=O)OC(C)(C)C. The number of unbranched alkanes of at least 4 members (excludes halogenated alkanes) is 1. The Balaban J connectivity index is 2.06. The van der Waals surface area contributed by atoms with Gasteiger partial charge in [0.25, 0.3) is 5.91 Å². The molecule has 1 atom stereocenters. The number of hydrogen-bond acceptors (Lipinski definition) is 3. The van der Waals surface area contributed by atoms with E-state index in [1.54, 1.807) is 0 Å². The van der Waals surface area contributed by atoms with E-state index in [1.807, 2.05) is 20.8 Å². The number of allylic oxidation sites excluding steroid dienone is 2. The van der Waals surface area contributed by atoms with E-state index in [4.69, 9.17) is 4.74 Å². The lowest BCUT2D eigenvalue weighted by Gasteiger charge is -2.29. The number of nitrogens with one attached hydrogen (secondary N) is 2. The molecule has 124 valence electrons. The van der Waals surface area contributed by atoms with Gasteiger partial charge in [0.15, 0.2) is 0 Å². The summed E-state index contributed by atoms with van der Waals surface area (Å²) in [5.74, 6) is 1.01. The Hall–Kier alpha value is -1.52. The first-order chi connectivity index (χ1) is 10.3. The lowest BCUT2D eigenvalue weighted by molar-refractivity contribution is -0.125. The Morgan fingerprint density at radius 1 is 1.36 bits per heavy atom. The van der Waals surface area contributed by atoms with E-state index in [2.05, 4.69) is 23.6 Å². The third-order valence-corrected chi connectivity index (χ3v) is 4.11. The smallest absolute Gasteiger partial charge is 0.322 e. The Bertz CT molecular complexity index is 475. The van der Waals surface area contributed by atoms with Gasteiger partial charge < -0.3 is 10.1 Å². The van der Waals surface area contributed by atoms with Crippen molar-refractivity contribution in [1.29, 1.82) is 0 Å². The Labute approximate surface area is 132 Å². The lowest BCUT2D eigenvalue weighted by atomic mass is 9.87. The van der Waals surface area contributed by atoms with Gasteiger partial charge in [0.1, 0.15) is 11.1 Å². The first kappa shape index (κ1) is 16.8. The highest BCUT2D eigenvalue weighted by Crippen LogP contribution is 2.44. The maximum atomic E-state index is 12.2. The molecule has 0 aromatic heterocycles. The van der Waals surface area contributed by atoms with Crippen LogP contribution in [0.15, 0.2) is 11.8 Å². The van der Waals surface area contributed by atoms with Crippen molar-refractivity contribution < 1.29 is 14.3 Å². The van der Waals surface area contributed by atoms with E-state index in [-0.39, 0.29) is 23.5 Å². The van der Waals surface area contributed by atoms with E-state index in [0.29, 0.717) is 12.8 Å². The van der Waals surface area contributed by atoms with Crippen LogP contribution in [0.5, 0.6) is 0 Å². The maximum Gasteiger partial charge on any atom is 0.322 e. The van der Waals surface area contributed by atoms with Crippen molar-refractivity contribution >= 4 is 11.9 Å². The summed E-state index contributed by atoms with van der Waals surface area (Å²) < 4.78 is 6.02. The monoisotopic (exact) mass is 308 g/mol. The number of imide groups is 1. The largest absolute Gasteiger partial charge is 0.493 e. The zero-order chi connectivity index (χ0) is 16.4. The van der Waals surface area contributed by atoms with Gasteiger partial charge in [-0.1, -0.05) is 13.3 Å². The first-order valence-corrected chi connectivity index (χ1v) is 8.28. The lowest BCUT2D eigenvalue weighted by Crippen LogP contribution is -2.49. The number of amides is 3. The van der Waals surface area contributed by atoms with Crippen LogP contribution in [0, 0.1) is 5.92 Å². The Morgan fingerprint density at radius 3 is 2.50 bits per heavy atom. The molecule has 2 N–H and O–H groups in total. The predicted molar refractivity (Wildman–Crippen MR) is 85.2 cm³/mol. The number of carbonyl (C=O) groups excluding carboxylic acids is 2. The molecule has 5 heteroatoms. The third kappa shape index (κ3) is 4.02. The van der Waals surface area contributed by atoms with Gasteiger partial charge >= 0.3 is 6.03 Å². The molecule has 0 bridgehead atoms. The predicted octanol–water partition coefficient (Wildman–Crippen LogP) is 3.25. The van der Waals surface area contributed by atoms with E-state index in [1.165, 1.54) is 0 Å². The molecule has 22 heavy (non-hydrogen) atoms. The summed E-state index contributed by atoms with van der Waals surface area (Å²) in [6.45, 7) is 8.19. The summed E-state index contributed by atoms with van der Waals surface area (Å²) in [5, 5.41) is 5.27. The molecule has 2 fully saturated rings. The van der Waals surface area contributed by atoms with Crippen LogP contribution in [0.2, 0.25) is 0 Å². The normalized spacial score (nSPS) is 25.9. The second-order valence-electron chi connectivity index (χ2n) is 7.33. The van der Waals surface area contributed by atoms with Crippen LogP contribution in [-0.4, -0.2) is 23.1 Å². The van der Waals surface area contributed by atoms with E-state index in [0.717, 1.165) is 31.4 Å². The molecular formula is C17H28N2O3. The third-order valence-electron chi connectivity index (χ3n) is 4.11. The second kappa shape index (κ2) is 6.31. The number of hydrogen-bond donors (Lipinski definition) is 2. The zero-order valence-corrected chi connectivity index (χ0v) is 14.1. The zero-order valence-electron chi connectivity index (χ0n) is 14.1. The average Bonchev–Trinajstić information content (AvgIpc) is 3.19. The Morgan fingerprint density at radius 2 is 2.05 bits per heavy atom. The first-order valence-electron chi connectivity index (χ1n) is 8.28. The van der Waals surface area contributed by atoms with Crippen molar-refractivity contribution in [3.05, 3.63) is 11.8 Å². The van der Waals surface area contributed by atoms with Gasteiger partial charge in [-0.3, -0.25) is 10.1 Å². The molecular weight excluding hydrogens is 280 g/mol. The molecule has 2 rings (SSSR count). The van der Waals surface area contributed by atoms with Crippen LogP contribution in [0.4, 0.5) is 4.79 Å². The molecule has 1 unspecified atom stereocenters. The average molecular weight is 308 g/mol. The highest BCUT2D eigenvalue weighted by Gasteiger charge is 2.55. The highest BCUT2D eigenvalue weighted by molar-refractivity contribution is 6.07. The molecule has 0 aromatic rings. The summed E-state index contributed by atoms with van der Waals surface area (Å²) in [4.78, 5) is 23.8. The van der Waals surface area contributed by atoms with Gasteiger partial charge in [0, 0.05) is 6.42 Å². The van der Waals surface area contributed by atoms with Gasteiger partial charge in [-0.05, 0) is 58.4 Å². The van der Waals surface area contributed by atoms with Crippen molar-refractivity contribution in [2.75, 3.05) is 0 Å². The molecule has 1 saturated carbocycles. The summed E-state index contributed by atoms with van der Waals surface area (Å²) in [6.07, 6.45) is 7.40. The van der Waals surface area contributed by atoms with Crippen LogP contribution in [0.1, 0.15) is 66.2 Å². The molecule has 1 aliphatic carbocycles. The quantitative estimate of drug-likeness (QED) is 0.560. The molecule has 0 aromatic carbocycles. The second-order valence-corrected chi connectivity index (χ2v) is 7.33. The minimum absolute atomic E-state index is 0.175. The van der Waals surface area contributed by atoms with E-state index in [9.17, 15) is 9.59 Å². The number of urea groups is 1. The van der Waals surface area contributed by atoms with Crippen LogP contribution in [0.3, 0.4) is 0 Å². The van der Waals surface area contributed by atoms with Crippen LogP contribution >= 0.6 is 0 Å². The van der Waals surface area contributed by atoms with Crippen molar-refractivity contribution in [2.45, 2.75) is 77.4 Å². The minimum atomic E-state index is -0.733. The van der Waals surface area contributed by atoms with Gasteiger partial charge in [0.05, 0.1) is 5.76 Å². The topological polar surface area (TPSA) is 67.4 Å². The minimum Gasteiger partial charge on any atom is -0.493 e. The van der Waals surface area contributed by atoms with E-state index >= 15 is 0 Å². The van der Waals surface area contributed by atoms with Crippen molar-refractivity contribution in [1.82, 2.24) is 10.6 Å². The summed E-state index contributed by atoms with van der Waals surface area (Å²) in [5.41, 5.74) is -0.989. The van der Waals surface area contributed by atoms with Crippen LogP contribution in [0.25, 0.3) is 0 Å². The maximum absolute atomic E-state index is 12.2. The molecule has 5 nitrogen and oxygen atoms in total. The fourth-order valence-electron chi connectivity index (χ4n) is 2.96. The molecule has 0 spiro atoms. The molecule has 1 saturated heterocycles. The fraction of sp³-hybridized carbons (Fsp3) is 0.765. The van der Waals surface area contributed by atoms with Crippen LogP contribution in [-0.2, 0) is 9.53 Å². The van der Waals surface area contributed by atoms with Gasteiger partial charge in [-0.2, -0.15) is 0 Å². The van der Waals surface area contributed by atoms with E-state index < -0.39 is 5.54 Å². The van der Waals surface area contributed by atoms with Crippen molar-refractivity contribution in [3.63, 3.8) is 0 Å². The molecule has 1 aliphatic heterocycles. The summed E-state index contributed by atoms with van der Waals surface area (Å²) in [7, 11) is 0. The summed E-state index contributed by atoms with van der Waals surface area (Å²) >= 11 is 0. The highest BCUT2D eigenvalue weighted by atomic mass is 16.5. The summed E-state index contributed by atoms with van der Waals surface area (Å²) in [6, 6.07) is -0.368. The van der Waals surface area contributed by atoms with Gasteiger partial charge in [-0.15, -0.1) is 0 Å². The number of carbonyl (C=O) groups is 2. The fourth-order valence-corrected chi connectivity index (χ4v) is 2.96. The Kier molecular flexibility index (Phi) is 4.83. The van der Waals surface area contributed by atoms with Gasteiger partial charge in [0.2, 0.25) is 0 Å². The number of ether oxygens (including phenoxy) is 1.